The van der Waals surface area contributed by atoms with Gasteiger partial charge in [0.15, 0.2) is 0 Å². The summed E-state index contributed by atoms with van der Waals surface area (Å²) in [6.07, 6.45) is 1.52. The Labute approximate surface area is 108 Å². The first-order valence-electron chi connectivity index (χ1n) is 6.73. The molecule has 18 heavy (non-hydrogen) atoms. The van der Waals surface area contributed by atoms with E-state index in [4.69, 9.17) is 4.74 Å². The smallest absolute Gasteiger partial charge is 0.410 e. The van der Waals surface area contributed by atoms with Crippen LogP contribution in [0.4, 0.5) is 4.79 Å². The largest absolute Gasteiger partial charge is 0.444 e. The molecule has 0 atom stereocenters. The Bertz CT molecular complexity index is 302. The van der Waals surface area contributed by atoms with E-state index < -0.39 is 5.60 Å². The molecule has 2 rings (SSSR count). The lowest BCUT2D eigenvalue weighted by Gasteiger charge is -2.41. The molecule has 104 valence electrons. The van der Waals surface area contributed by atoms with Gasteiger partial charge in [0.05, 0.1) is 6.10 Å². The molecule has 2 aliphatic rings. The van der Waals surface area contributed by atoms with Crippen LogP contribution in [0.3, 0.4) is 0 Å². The Morgan fingerprint density at radius 1 is 1.39 bits per heavy atom. The van der Waals surface area contributed by atoms with Crippen molar-refractivity contribution in [1.29, 1.82) is 0 Å². The zero-order chi connectivity index (χ0) is 13.3. The number of ether oxygens (including phenoxy) is 1. The lowest BCUT2D eigenvalue weighted by atomic mass is 9.82. The van der Waals surface area contributed by atoms with Crippen LogP contribution >= 0.6 is 0 Å². The summed E-state index contributed by atoms with van der Waals surface area (Å²) in [5.74, 6) is 0.607. The van der Waals surface area contributed by atoms with E-state index in [9.17, 15) is 9.90 Å². The fourth-order valence-corrected chi connectivity index (χ4v) is 2.28. The van der Waals surface area contributed by atoms with E-state index in [0.29, 0.717) is 12.0 Å². The third-order valence-corrected chi connectivity index (χ3v) is 3.44. The molecule has 0 aromatic carbocycles. The van der Waals surface area contributed by atoms with E-state index in [1.165, 1.54) is 0 Å². The average Bonchev–Trinajstić information content (AvgIpc) is 2.08. The molecular weight excluding hydrogens is 232 g/mol. The summed E-state index contributed by atoms with van der Waals surface area (Å²) in [5.41, 5.74) is -0.419. The molecule has 5 nitrogen and oxygen atoms in total. The Hall–Kier alpha value is -0.810. The van der Waals surface area contributed by atoms with Gasteiger partial charge in [0, 0.05) is 19.1 Å². The number of nitrogens with one attached hydrogen (secondary N) is 1. The third-order valence-electron chi connectivity index (χ3n) is 3.44. The van der Waals surface area contributed by atoms with E-state index in [-0.39, 0.29) is 12.2 Å². The molecule has 2 fully saturated rings. The lowest BCUT2D eigenvalue weighted by molar-refractivity contribution is 0.00223. The van der Waals surface area contributed by atoms with Crippen molar-refractivity contribution in [2.24, 2.45) is 5.92 Å². The molecule has 1 aliphatic carbocycles. The van der Waals surface area contributed by atoms with Crippen LogP contribution in [0.15, 0.2) is 0 Å². The van der Waals surface area contributed by atoms with Crippen LogP contribution in [0, 0.1) is 5.92 Å². The zero-order valence-electron chi connectivity index (χ0n) is 11.5. The number of hydrogen-bond donors (Lipinski definition) is 2. The van der Waals surface area contributed by atoms with Gasteiger partial charge >= 0.3 is 6.09 Å². The Kier molecular flexibility index (Phi) is 3.82. The second-order valence-corrected chi connectivity index (χ2v) is 6.48. The molecule has 0 spiro atoms. The van der Waals surface area contributed by atoms with E-state index in [0.717, 1.165) is 32.5 Å². The van der Waals surface area contributed by atoms with Crippen LogP contribution < -0.4 is 5.32 Å². The van der Waals surface area contributed by atoms with Gasteiger partial charge in [0.2, 0.25) is 0 Å². The van der Waals surface area contributed by atoms with E-state index in [2.05, 4.69) is 5.32 Å². The molecule has 0 aromatic heterocycles. The van der Waals surface area contributed by atoms with Crippen LogP contribution in [-0.4, -0.2) is 53.5 Å². The van der Waals surface area contributed by atoms with Gasteiger partial charge < -0.3 is 20.1 Å². The highest BCUT2D eigenvalue weighted by Gasteiger charge is 2.34. The van der Waals surface area contributed by atoms with Crippen LogP contribution in [0.2, 0.25) is 0 Å². The third kappa shape index (κ3) is 3.59. The van der Waals surface area contributed by atoms with Crippen molar-refractivity contribution in [2.45, 2.75) is 51.4 Å². The SMILES string of the molecule is CC(C)(C)OC(=O)N1CC(NCC2CC(O)C2)C1. The Morgan fingerprint density at radius 2 is 2.00 bits per heavy atom. The second-order valence-electron chi connectivity index (χ2n) is 6.48. The molecule has 0 aromatic rings. The predicted molar refractivity (Wildman–Crippen MR) is 68.3 cm³/mol. The second kappa shape index (κ2) is 5.05. The number of carbonyl (C=O) groups is 1. The van der Waals surface area contributed by atoms with Crippen molar-refractivity contribution in [1.82, 2.24) is 10.2 Å². The number of amides is 1. The summed E-state index contributed by atoms with van der Waals surface area (Å²) in [4.78, 5) is 13.4. The van der Waals surface area contributed by atoms with Crippen molar-refractivity contribution >= 4 is 6.09 Å². The maximum absolute atomic E-state index is 11.7. The first-order valence-corrected chi connectivity index (χ1v) is 6.73. The maximum Gasteiger partial charge on any atom is 0.410 e. The van der Waals surface area contributed by atoms with E-state index in [1.54, 1.807) is 4.90 Å². The van der Waals surface area contributed by atoms with Crippen LogP contribution in [-0.2, 0) is 4.74 Å². The molecule has 1 aliphatic heterocycles. The van der Waals surface area contributed by atoms with E-state index in [1.807, 2.05) is 20.8 Å². The van der Waals surface area contributed by atoms with Gasteiger partial charge in [-0.25, -0.2) is 4.79 Å². The van der Waals surface area contributed by atoms with E-state index >= 15 is 0 Å². The van der Waals surface area contributed by atoms with Gasteiger partial charge in [0.25, 0.3) is 0 Å². The summed E-state index contributed by atoms with van der Waals surface area (Å²) in [6.45, 7) is 8.03. The van der Waals surface area contributed by atoms with Gasteiger partial charge in [-0.2, -0.15) is 0 Å². The molecule has 5 heteroatoms. The molecule has 0 unspecified atom stereocenters. The van der Waals surface area contributed by atoms with Crippen molar-refractivity contribution in [2.75, 3.05) is 19.6 Å². The quantitative estimate of drug-likeness (QED) is 0.790. The van der Waals surface area contributed by atoms with Crippen molar-refractivity contribution < 1.29 is 14.6 Å². The van der Waals surface area contributed by atoms with Crippen molar-refractivity contribution in [3.8, 4) is 0 Å². The fraction of sp³-hybridized carbons (Fsp3) is 0.923. The minimum Gasteiger partial charge on any atom is -0.444 e. The monoisotopic (exact) mass is 256 g/mol. The highest BCUT2D eigenvalue weighted by molar-refractivity contribution is 5.69. The molecule has 2 N–H and O–H groups in total. The van der Waals surface area contributed by atoms with Crippen LogP contribution in [0.5, 0.6) is 0 Å². The minimum atomic E-state index is -0.419. The van der Waals surface area contributed by atoms with Crippen LogP contribution in [0.25, 0.3) is 0 Å². The highest BCUT2D eigenvalue weighted by atomic mass is 16.6. The average molecular weight is 256 g/mol. The normalized spacial score (nSPS) is 28.6. The zero-order valence-corrected chi connectivity index (χ0v) is 11.5. The van der Waals surface area contributed by atoms with Gasteiger partial charge in [-0.05, 0) is 46.1 Å². The number of aliphatic hydroxyl groups excluding tert-OH is 1. The Balaban J connectivity index is 1.57. The minimum absolute atomic E-state index is 0.0866. The predicted octanol–water partition coefficient (Wildman–Crippen LogP) is 0.966. The van der Waals surface area contributed by atoms with Gasteiger partial charge in [-0.15, -0.1) is 0 Å². The lowest BCUT2D eigenvalue weighted by Crippen LogP contribution is -2.61. The first kappa shape index (κ1) is 13.6. The molecule has 1 saturated heterocycles. The van der Waals surface area contributed by atoms with Gasteiger partial charge in [0.1, 0.15) is 5.60 Å². The highest BCUT2D eigenvalue weighted by Crippen LogP contribution is 2.26. The molecule has 1 heterocycles. The van der Waals surface area contributed by atoms with Crippen molar-refractivity contribution in [3.63, 3.8) is 0 Å². The van der Waals surface area contributed by atoms with Gasteiger partial charge in [-0.3, -0.25) is 0 Å². The number of likely N-dealkylation sites (tertiary alicyclic amines) is 1. The summed E-state index contributed by atoms with van der Waals surface area (Å²) in [6, 6.07) is 0.385. The number of carbonyl (C=O) groups excluding carboxylic acids is 1. The van der Waals surface area contributed by atoms with Crippen molar-refractivity contribution in [3.05, 3.63) is 0 Å². The summed E-state index contributed by atoms with van der Waals surface area (Å²) in [5, 5.41) is 12.6. The molecule has 1 saturated carbocycles. The molecular formula is C13H24N2O3. The van der Waals surface area contributed by atoms with Crippen LogP contribution in [0.1, 0.15) is 33.6 Å². The number of aliphatic hydroxyl groups is 1. The number of hydrogen-bond acceptors (Lipinski definition) is 4. The number of nitrogens with zero attached hydrogens (tertiary/aromatic N) is 1. The molecule has 1 amide bonds. The summed E-state index contributed by atoms with van der Waals surface area (Å²) < 4.78 is 5.29. The topological polar surface area (TPSA) is 61.8 Å². The summed E-state index contributed by atoms with van der Waals surface area (Å²) in [7, 11) is 0. The standard InChI is InChI=1S/C13H24N2O3/c1-13(2,3)18-12(17)15-7-10(8-15)14-6-9-4-11(16)5-9/h9-11,14,16H,4-8H2,1-3H3. The first-order chi connectivity index (χ1) is 8.33. The molecule has 0 bridgehead atoms. The maximum atomic E-state index is 11.7. The number of rotatable bonds is 3. The molecule has 0 radical (unpaired) electrons. The Morgan fingerprint density at radius 3 is 2.50 bits per heavy atom. The summed E-state index contributed by atoms with van der Waals surface area (Å²) >= 11 is 0. The fourth-order valence-electron chi connectivity index (χ4n) is 2.28. The van der Waals surface area contributed by atoms with Gasteiger partial charge in [-0.1, -0.05) is 0 Å².